The molecule has 0 bridgehead atoms. The molecule has 6 nitrogen and oxygen atoms in total. The maximum absolute atomic E-state index is 13.0. The molecule has 2 aromatic heterocycles. The first kappa shape index (κ1) is 19.9. The zero-order valence-electron chi connectivity index (χ0n) is 15.1. The molecule has 0 atom stereocenters. The Morgan fingerprint density at radius 1 is 1.21 bits per heavy atom. The molecule has 3 aromatic rings. The molecule has 0 radical (unpaired) electrons. The van der Waals surface area contributed by atoms with Crippen molar-refractivity contribution >= 4 is 23.1 Å². The number of hydrogen-bond acceptors (Lipinski definition) is 5. The Balaban J connectivity index is 1.81. The van der Waals surface area contributed by atoms with E-state index in [2.05, 4.69) is 20.4 Å². The van der Waals surface area contributed by atoms with Gasteiger partial charge in [-0.2, -0.15) is 23.3 Å². The highest BCUT2D eigenvalue weighted by Crippen LogP contribution is 2.31. The van der Waals surface area contributed by atoms with Crippen molar-refractivity contribution in [2.45, 2.75) is 32.5 Å². The van der Waals surface area contributed by atoms with E-state index < -0.39 is 11.9 Å². The third kappa shape index (κ3) is 4.36. The number of nitrogens with zero attached hydrogens (tertiary/aromatic N) is 4. The maximum Gasteiger partial charge on any atom is 0.435 e. The van der Waals surface area contributed by atoms with Gasteiger partial charge in [0, 0.05) is 12.2 Å². The van der Waals surface area contributed by atoms with Gasteiger partial charge in [-0.3, -0.25) is 0 Å². The van der Waals surface area contributed by atoms with Crippen LogP contribution in [0, 0.1) is 0 Å². The number of benzene rings is 1. The summed E-state index contributed by atoms with van der Waals surface area (Å²) < 4.78 is 40.4. The summed E-state index contributed by atoms with van der Waals surface area (Å²) in [6.45, 7) is 4.05. The summed E-state index contributed by atoms with van der Waals surface area (Å²) in [5.41, 5.74) is 7.16. The first-order valence-corrected chi connectivity index (χ1v) is 8.81. The third-order valence-corrected chi connectivity index (χ3v) is 4.23. The van der Waals surface area contributed by atoms with Crippen LogP contribution in [0.25, 0.3) is 5.69 Å². The molecular formula is C18H18ClF3N6. The smallest absolute Gasteiger partial charge is 0.394 e. The molecule has 3 N–H and O–H groups in total. The van der Waals surface area contributed by atoms with Gasteiger partial charge in [0.05, 0.1) is 17.6 Å². The van der Waals surface area contributed by atoms with Crippen LogP contribution in [0.15, 0.2) is 36.5 Å². The molecule has 0 unspecified atom stereocenters. The molecule has 2 heterocycles. The van der Waals surface area contributed by atoms with Crippen molar-refractivity contribution in [3.8, 4) is 5.69 Å². The molecule has 10 heteroatoms. The van der Waals surface area contributed by atoms with Crippen LogP contribution in [0.4, 0.5) is 24.7 Å². The van der Waals surface area contributed by atoms with Gasteiger partial charge in [-0.25, -0.2) is 9.67 Å². The van der Waals surface area contributed by atoms with Crippen molar-refractivity contribution < 1.29 is 13.2 Å². The summed E-state index contributed by atoms with van der Waals surface area (Å²) in [6, 6.07) is 8.10. The summed E-state index contributed by atoms with van der Waals surface area (Å²) in [5.74, 6) is 0.295. The monoisotopic (exact) mass is 410 g/mol. The van der Waals surface area contributed by atoms with Crippen molar-refractivity contribution in [1.29, 1.82) is 0 Å². The number of rotatable bonds is 5. The van der Waals surface area contributed by atoms with Crippen molar-refractivity contribution in [3.63, 3.8) is 0 Å². The van der Waals surface area contributed by atoms with Crippen LogP contribution in [0.2, 0.25) is 5.28 Å². The zero-order chi connectivity index (χ0) is 20.5. The van der Waals surface area contributed by atoms with Gasteiger partial charge in [0.2, 0.25) is 5.28 Å². The first-order valence-electron chi connectivity index (χ1n) is 8.43. The summed E-state index contributed by atoms with van der Waals surface area (Å²) in [6.07, 6.45) is -3.08. The normalized spacial score (nSPS) is 11.8. The summed E-state index contributed by atoms with van der Waals surface area (Å²) in [7, 11) is 0. The minimum Gasteiger partial charge on any atom is -0.394 e. The number of aromatic nitrogens is 4. The highest BCUT2D eigenvalue weighted by atomic mass is 35.5. The van der Waals surface area contributed by atoms with Crippen molar-refractivity contribution in [2.75, 3.05) is 11.1 Å². The summed E-state index contributed by atoms with van der Waals surface area (Å²) in [5, 5.41) is 6.87. The number of halogens is 4. The SMILES string of the molecule is CC(C)c1cc(C(F)(F)F)nn1-c1ccc(CNc2nc(Cl)ncc2N)cc1. The first-order chi connectivity index (χ1) is 13.1. The quantitative estimate of drug-likeness (QED) is 0.598. The van der Waals surface area contributed by atoms with Crippen LogP contribution in [0.3, 0.4) is 0 Å². The van der Waals surface area contributed by atoms with Crippen molar-refractivity contribution in [3.05, 3.63) is 58.8 Å². The number of anilines is 2. The second kappa shape index (κ2) is 7.67. The average Bonchev–Trinajstić information content (AvgIpc) is 3.09. The second-order valence-electron chi connectivity index (χ2n) is 6.48. The number of nitrogens with one attached hydrogen (secondary N) is 1. The van der Waals surface area contributed by atoms with Gasteiger partial charge >= 0.3 is 6.18 Å². The average molecular weight is 411 g/mol. The Morgan fingerprint density at radius 3 is 2.50 bits per heavy atom. The molecule has 0 saturated carbocycles. The standard InChI is InChI=1S/C18H18ClF3N6/c1-10(2)14-7-15(18(20,21)22)27-28(14)12-5-3-11(4-6-12)8-24-16-13(23)9-25-17(19)26-16/h3-7,9-10H,8,23H2,1-2H3,(H,24,25,26). The van der Waals surface area contributed by atoms with E-state index in [-0.39, 0.29) is 11.2 Å². The molecule has 28 heavy (non-hydrogen) atoms. The highest BCUT2D eigenvalue weighted by molar-refractivity contribution is 6.28. The van der Waals surface area contributed by atoms with Crippen LogP contribution in [0.5, 0.6) is 0 Å². The number of nitrogen functional groups attached to an aromatic ring is 1. The Bertz CT molecular complexity index is 966. The number of alkyl halides is 3. The van der Waals surface area contributed by atoms with Crippen LogP contribution in [-0.2, 0) is 12.7 Å². The van der Waals surface area contributed by atoms with Gasteiger partial charge in [-0.1, -0.05) is 26.0 Å². The topological polar surface area (TPSA) is 81.7 Å². The maximum atomic E-state index is 13.0. The fourth-order valence-electron chi connectivity index (χ4n) is 2.60. The Morgan fingerprint density at radius 2 is 1.89 bits per heavy atom. The lowest BCUT2D eigenvalue weighted by molar-refractivity contribution is -0.141. The molecule has 0 aliphatic carbocycles. The molecule has 0 fully saturated rings. The van der Waals surface area contributed by atoms with Gasteiger partial charge < -0.3 is 11.1 Å². The largest absolute Gasteiger partial charge is 0.435 e. The van der Waals surface area contributed by atoms with E-state index in [9.17, 15) is 13.2 Å². The number of hydrogen-bond donors (Lipinski definition) is 2. The van der Waals surface area contributed by atoms with E-state index in [0.29, 0.717) is 29.4 Å². The lowest BCUT2D eigenvalue weighted by atomic mass is 10.1. The Hall–Kier alpha value is -2.81. The third-order valence-electron chi connectivity index (χ3n) is 4.05. The molecule has 0 spiro atoms. The predicted molar refractivity (Wildman–Crippen MR) is 101 cm³/mol. The van der Waals surface area contributed by atoms with Crippen molar-refractivity contribution in [2.24, 2.45) is 0 Å². The van der Waals surface area contributed by atoms with E-state index in [4.69, 9.17) is 17.3 Å². The Kier molecular flexibility index (Phi) is 5.46. The molecule has 148 valence electrons. The van der Waals surface area contributed by atoms with E-state index in [0.717, 1.165) is 11.6 Å². The molecule has 0 aliphatic heterocycles. The van der Waals surface area contributed by atoms with E-state index in [1.807, 2.05) is 13.8 Å². The molecule has 3 rings (SSSR count). The lowest BCUT2D eigenvalue weighted by Crippen LogP contribution is -2.08. The van der Waals surface area contributed by atoms with Gasteiger partial charge in [0.15, 0.2) is 11.5 Å². The molecular weight excluding hydrogens is 393 g/mol. The fraction of sp³-hybridized carbons (Fsp3) is 0.278. The molecule has 1 aromatic carbocycles. The summed E-state index contributed by atoms with van der Waals surface area (Å²) in [4.78, 5) is 7.79. The van der Waals surface area contributed by atoms with E-state index in [1.165, 1.54) is 10.9 Å². The molecule has 0 saturated heterocycles. The van der Waals surface area contributed by atoms with E-state index >= 15 is 0 Å². The lowest BCUT2D eigenvalue weighted by Gasteiger charge is -2.11. The van der Waals surface area contributed by atoms with Gasteiger partial charge in [-0.15, -0.1) is 0 Å². The minimum absolute atomic E-state index is 0.0763. The van der Waals surface area contributed by atoms with Gasteiger partial charge in [0.1, 0.15) is 0 Å². The fourth-order valence-corrected chi connectivity index (χ4v) is 2.74. The van der Waals surface area contributed by atoms with Gasteiger partial charge in [-0.05, 0) is 41.3 Å². The Labute approximate surface area is 164 Å². The van der Waals surface area contributed by atoms with Crippen LogP contribution >= 0.6 is 11.6 Å². The predicted octanol–water partition coefficient (Wildman–Crippen LogP) is 4.65. The van der Waals surface area contributed by atoms with Crippen molar-refractivity contribution in [1.82, 2.24) is 19.7 Å². The van der Waals surface area contributed by atoms with Gasteiger partial charge in [0.25, 0.3) is 0 Å². The van der Waals surface area contributed by atoms with E-state index in [1.54, 1.807) is 24.3 Å². The van der Waals surface area contributed by atoms with Crippen LogP contribution in [0.1, 0.15) is 36.7 Å². The number of nitrogens with two attached hydrogens (primary N) is 1. The molecule has 0 aliphatic rings. The van der Waals surface area contributed by atoms with Crippen LogP contribution in [-0.4, -0.2) is 19.7 Å². The zero-order valence-corrected chi connectivity index (χ0v) is 15.9. The summed E-state index contributed by atoms with van der Waals surface area (Å²) >= 11 is 5.75. The minimum atomic E-state index is -4.49. The highest BCUT2D eigenvalue weighted by Gasteiger charge is 2.35. The van der Waals surface area contributed by atoms with Crippen LogP contribution < -0.4 is 11.1 Å². The second-order valence-corrected chi connectivity index (χ2v) is 6.82. The molecule has 0 amide bonds.